The fraction of sp³-hybridized carbons (Fsp3) is 0.368. The summed E-state index contributed by atoms with van der Waals surface area (Å²) in [5.41, 5.74) is 3.60. The number of aryl methyl sites for hydroxylation is 3. The number of rotatable bonds is 3. The predicted octanol–water partition coefficient (Wildman–Crippen LogP) is 2.22. The number of imidazole rings is 1. The van der Waals surface area contributed by atoms with Crippen LogP contribution < -0.4 is 9.80 Å². The lowest BCUT2D eigenvalue weighted by molar-refractivity contribution is 0.639. The van der Waals surface area contributed by atoms with Crippen molar-refractivity contribution in [2.24, 2.45) is 7.05 Å². The maximum atomic E-state index is 4.48. The summed E-state index contributed by atoms with van der Waals surface area (Å²) < 4.78 is 1.92. The van der Waals surface area contributed by atoms with Gasteiger partial charge in [-0.05, 0) is 26.0 Å². The normalized spacial score (nSPS) is 14.7. The van der Waals surface area contributed by atoms with Gasteiger partial charge in [0.1, 0.15) is 12.0 Å². The van der Waals surface area contributed by atoms with E-state index in [-0.39, 0.29) is 0 Å². The average Bonchev–Trinajstić information content (AvgIpc) is 3.30. The maximum absolute atomic E-state index is 4.48. The van der Waals surface area contributed by atoms with E-state index in [1.54, 1.807) is 24.0 Å². The van der Waals surface area contributed by atoms with Crippen LogP contribution in [0.1, 0.15) is 10.7 Å². The third-order valence-corrected chi connectivity index (χ3v) is 6.26. The van der Waals surface area contributed by atoms with Gasteiger partial charge in [0.2, 0.25) is 0 Å². The molecule has 0 N–H and O–H groups in total. The summed E-state index contributed by atoms with van der Waals surface area (Å²) in [5.74, 6) is 1.80. The zero-order valence-electron chi connectivity index (χ0n) is 16.6. The molecule has 0 unspecified atom stereocenters. The molecule has 1 saturated heterocycles. The van der Waals surface area contributed by atoms with Crippen molar-refractivity contribution >= 4 is 34.1 Å². The summed E-state index contributed by atoms with van der Waals surface area (Å²) in [6.45, 7) is 7.42. The number of thiazole rings is 1. The molecule has 0 radical (unpaired) electrons. The first-order valence-electron chi connectivity index (χ1n) is 9.50. The van der Waals surface area contributed by atoms with E-state index in [4.69, 9.17) is 0 Å². The van der Waals surface area contributed by atoms with Crippen molar-refractivity contribution in [2.45, 2.75) is 13.8 Å². The van der Waals surface area contributed by atoms with Crippen LogP contribution in [0, 0.1) is 13.8 Å². The van der Waals surface area contributed by atoms with Gasteiger partial charge in [-0.25, -0.2) is 19.9 Å². The quantitative estimate of drug-likeness (QED) is 0.511. The van der Waals surface area contributed by atoms with E-state index >= 15 is 0 Å². The highest BCUT2D eigenvalue weighted by Crippen LogP contribution is 2.29. The van der Waals surface area contributed by atoms with Crippen molar-refractivity contribution in [3.63, 3.8) is 0 Å². The molecule has 0 spiro atoms. The highest BCUT2D eigenvalue weighted by atomic mass is 32.1. The average molecular weight is 408 g/mol. The predicted molar refractivity (Wildman–Crippen MR) is 113 cm³/mol. The molecule has 148 valence electrons. The van der Waals surface area contributed by atoms with Crippen molar-refractivity contribution in [3.8, 4) is 10.6 Å². The second-order valence-corrected chi connectivity index (χ2v) is 8.33. The maximum Gasteiger partial charge on any atom is 0.165 e. The molecule has 9 nitrogen and oxygen atoms in total. The monoisotopic (exact) mass is 407 g/mol. The topological polar surface area (TPSA) is 88.8 Å². The molecule has 4 aromatic rings. The first kappa shape index (κ1) is 17.9. The Balaban J connectivity index is 1.31. The Kier molecular flexibility index (Phi) is 4.35. The van der Waals surface area contributed by atoms with Gasteiger partial charge in [0.25, 0.3) is 0 Å². The molecule has 4 aromatic heterocycles. The second-order valence-electron chi connectivity index (χ2n) is 7.12. The number of aromatic nitrogens is 7. The highest BCUT2D eigenvalue weighted by molar-refractivity contribution is 7.15. The van der Waals surface area contributed by atoms with Crippen molar-refractivity contribution in [3.05, 3.63) is 35.5 Å². The van der Waals surface area contributed by atoms with Crippen molar-refractivity contribution in [2.75, 3.05) is 36.0 Å². The fourth-order valence-corrected chi connectivity index (χ4v) is 4.58. The van der Waals surface area contributed by atoms with Gasteiger partial charge < -0.3 is 14.4 Å². The highest BCUT2D eigenvalue weighted by Gasteiger charge is 2.22. The lowest BCUT2D eigenvalue weighted by atomic mass is 10.2. The van der Waals surface area contributed by atoms with Crippen molar-refractivity contribution in [1.29, 1.82) is 0 Å². The molecule has 5 rings (SSSR count). The third-order valence-electron chi connectivity index (χ3n) is 5.17. The van der Waals surface area contributed by atoms with Gasteiger partial charge in [-0.1, -0.05) is 0 Å². The minimum Gasteiger partial charge on any atom is -0.352 e. The van der Waals surface area contributed by atoms with Crippen molar-refractivity contribution in [1.82, 2.24) is 34.7 Å². The van der Waals surface area contributed by atoms with E-state index in [9.17, 15) is 0 Å². The minimum absolute atomic E-state index is 0.846. The van der Waals surface area contributed by atoms with Crippen LogP contribution in [0.25, 0.3) is 21.7 Å². The van der Waals surface area contributed by atoms with Gasteiger partial charge in [0, 0.05) is 33.2 Å². The summed E-state index contributed by atoms with van der Waals surface area (Å²) in [4.78, 5) is 23.4. The zero-order valence-corrected chi connectivity index (χ0v) is 17.4. The first-order chi connectivity index (χ1) is 14.1. The Labute approximate surface area is 172 Å². The van der Waals surface area contributed by atoms with Crippen LogP contribution >= 0.6 is 11.3 Å². The van der Waals surface area contributed by atoms with E-state index in [0.29, 0.717) is 0 Å². The number of fused-ring (bicyclic) bond motifs is 1. The molecule has 29 heavy (non-hydrogen) atoms. The van der Waals surface area contributed by atoms with Crippen LogP contribution in [0.4, 0.5) is 11.6 Å². The SMILES string of the molecule is Cc1nc(C)c(-c2ccc(N3CCN(c4ncnc5c4ncn5C)CC3)nn2)s1. The third kappa shape index (κ3) is 3.19. The van der Waals surface area contributed by atoms with Gasteiger partial charge in [0.05, 0.1) is 21.9 Å². The Morgan fingerprint density at radius 1 is 0.931 bits per heavy atom. The number of piperazine rings is 1. The molecule has 0 aliphatic carbocycles. The molecule has 1 fully saturated rings. The smallest absolute Gasteiger partial charge is 0.165 e. The van der Waals surface area contributed by atoms with Gasteiger partial charge in [-0.2, -0.15) is 0 Å². The molecule has 0 aromatic carbocycles. The fourth-order valence-electron chi connectivity index (χ4n) is 3.70. The van der Waals surface area contributed by atoms with E-state index < -0.39 is 0 Å². The molecule has 0 bridgehead atoms. The van der Waals surface area contributed by atoms with E-state index in [1.165, 1.54) is 0 Å². The van der Waals surface area contributed by atoms with Crippen LogP contribution in [-0.4, -0.2) is 60.9 Å². The summed E-state index contributed by atoms with van der Waals surface area (Å²) in [6.07, 6.45) is 3.39. The van der Waals surface area contributed by atoms with Crippen molar-refractivity contribution < 1.29 is 0 Å². The van der Waals surface area contributed by atoms with E-state index in [1.807, 2.05) is 37.6 Å². The molecule has 1 aliphatic rings. The molecule has 0 atom stereocenters. The van der Waals surface area contributed by atoms with Crippen LogP contribution in [0.15, 0.2) is 24.8 Å². The minimum atomic E-state index is 0.846. The Bertz CT molecular complexity index is 1160. The number of hydrogen-bond acceptors (Lipinski definition) is 9. The Hall–Kier alpha value is -3.14. The van der Waals surface area contributed by atoms with Crippen LogP contribution in [0.2, 0.25) is 0 Å². The molecule has 5 heterocycles. The summed E-state index contributed by atoms with van der Waals surface area (Å²) in [6, 6.07) is 4.09. The number of anilines is 2. The molecule has 0 amide bonds. The van der Waals surface area contributed by atoms with Crippen LogP contribution in [0.5, 0.6) is 0 Å². The van der Waals surface area contributed by atoms with Crippen LogP contribution in [0.3, 0.4) is 0 Å². The summed E-state index contributed by atoms with van der Waals surface area (Å²) >= 11 is 1.66. The Morgan fingerprint density at radius 3 is 2.41 bits per heavy atom. The lowest BCUT2D eigenvalue weighted by Gasteiger charge is -2.35. The largest absolute Gasteiger partial charge is 0.352 e. The van der Waals surface area contributed by atoms with Gasteiger partial charge in [-0.15, -0.1) is 21.5 Å². The van der Waals surface area contributed by atoms with Gasteiger partial charge in [-0.3, -0.25) is 0 Å². The number of nitrogens with zero attached hydrogens (tertiary/aromatic N) is 9. The lowest BCUT2D eigenvalue weighted by Crippen LogP contribution is -2.47. The first-order valence-corrected chi connectivity index (χ1v) is 10.3. The number of hydrogen-bond donors (Lipinski definition) is 0. The molecular formula is C19H21N9S. The molecule has 1 aliphatic heterocycles. The van der Waals surface area contributed by atoms with Crippen LogP contribution in [-0.2, 0) is 7.05 Å². The molecule has 10 heteroatoms. The molecular weight excluding hydrogens is 386 g/mol. The van der Waals surface area contributed by atoms with Gasteiger partial charge in [0.15, 0.2) is 22.8 Å². The van der Waals surface area contributed by atoms with E-state index in [2.05, 4.69) is 39.9 Å². The second kappa shape index (κ2) is 7.03. The zero-order chi connectivity index (χ0) is 20.0. The van der Waals surface area contributed by atoms with Gasteiger partial charge >= 0.3 is 0 Å². The standard InChI is InChI=1S/C19H21N9S/c1-12-17(29-13(2)23-12)14-4-5-15(25-24-14)27-6-8-28(9-7-27)19-16-18(20-10-21-19)26(3)11-22-16/h4-5,10-11H,6-9H2,1-3H3. The summed E-state index contributed by atoms with van der Waals surface area (Å²) in [5, 5.41) is 9.97. The van der Waals surface area contributed by atoms with E-state index in [0.717, 1.165) is 70.3 Å². The summed E-state index contributed by atoms with van der Waals surface area (Å²) in [7, 11) is 1.95. The molecule has 0 saturated carbocycles. The Morgan fingerprint density at radius 2 is 1.72 bits per heavy atom.